The average molecular weight is 237 g/mol. The van der Waals surface area contributed by atoms with Crippen LogP contribution in [0.2, 0.25) is 0 Å². The maximum atomic E-state index is 11.6. The van der Waals surface area contributed by atoms with Crippen LogP contribution in [0.5, 0.6) is 0 Å². The molecule has 1 amide bonds. The van der Waals surface area contributed by atoms with E-state index in [1.165, 1.54) is 13.1 Å². The minimum absolute atomic E-state index is 0.0556. The Labute approximate surface area is 99.5 Å². The van der Waals surface area contributed by atoms with E-state index in [4.69, 9.17) is 10.4 Å². The van der Waals surface area contributed by atoms with Crippen LogP contribution in [0.15, 0.2) is 11.8 Å². The van der Waals surface area contributed by atoms with E-state index in [1.807, 2.05) is 4.90 Å². The van der Waals surface area contributed by atoms with Crippen LogP contribution < -0.4 is 5.32 Å². The van der Waals surface area contributed by atoms with Gasteiger partial charge in [-0.1, -0.05) is 0 Å². The minimum Gasteiger partial charge on any atom is -0.480 e. The molecule has 0 bridgehead atoms. The highest BCUT2D eigenvalue weighted by Crippen LogP contribution is 2.09. The molecular formula is C11H15N3O3. The number of carboxylic acids is 1. The molecule has 0 aromatic rings. The highest BCUT2D eigenvalue weighted by atomic mass is 16.4. The van der Waals surface area contributed by atoms with Gasteiger partial charge in [-0.3, -0.25) is 9.59 Å². The number of nitrogens with one attached hydrogen (secondary N) is 1. The second kappa shape index (κ2) is 5.89. The van der Waals surface area contributed by atoms with Gasteiger partial charge < -0.3 is 15.3 Å². The Morgan fingerprint density at radius 2 is 2.06 bits per heavy atom. The third-order valence-corrected chi connectivity index (χ3v) is 2.54. The first-order valence-corrected chi connectivity index (χ1v) is 5.44. The molecule has 1 aliphatic heterocycles. The van der Waals surface area contributed by atoms with Gasteiger partial charge in [0.25, 0.3) is 5.91 Å². The lowest BCUT2D eigenvalue weighted by Gasteiger charge is -2.13. The lowest BCUT2D eigenvalue weighted by atomic mass is 10.2. The first-order valence-electron chi connectivity index (χ1n) is 5.44. The van der Waals surface area contributed by atoms with Gasteiger partial charge >= 0.3 is 5.97 Å². The zero-order chi connectivity index (χ0) is 12.8. The van der Waals surface area contributed by atoms with Crippen LogP contribution in [-0.2, 0) is 9.59 Å². The second-order valence-corrected chi connectivity index (χ2v) is 3.93. The topological polar surface area (TPSA) is 93.4 Å². The van der Waals surface area contributed by atoms with E-state index in [0.29, 0.717) is 0 Å². The number of hydrogen-bond acceptors (Lipinski definition) is 4. The molecule has 0 saturated carbocycles. The quantitative estimate of drug-likeness (QED) is 0.533. The van der Waals surface area contributed by atoms with E-state index in [0.717, 1.165) is 25.9 Å². The van der Waals surface area contributed by atoms with Crippen molar-refractivity contribution in [3.05, 3.63) is 11.8 Å². The summed E-state index contributed by atoms with van der Waals surface area (Å²) in [6.45, 7) is 3.00. The van der Waals surface area contributed by atoms with Crippen LogP contribution in [0.1, 0.15) is 19.8 Å². The molecule has 17 heavy (non-hydrogen) atoms. The molecule has 1 unspecified atom stereocenters. The van der Waals surface area contributed by atoms with Gasteiger partial charge in [0.15, 0.2) is 0 Å². The number of carbonyl (C=O) groups is 2. The number of aliphatic carboxylic acids is 1. The van der Waals surface area contributed by atoms with Crippen LogP contribution in [-0.4, -0.2) is 41.0 Å². The fourth-order valence-corrected chi connectivity index (χ4v) is 1.53. The Balaban J connectivity index is 2.64. The van der Waals surface area contributed by atoms with Crippen molar-refractivity contribution in [1.29, 1.82) is 5.26 Å². The minimum atomic E-state index is -1.13. The molecule has 0 radical (unpaired) electrons. The standard InChI is InChI=1S/C11H15N3O3/c1-8(11(16)17)13-10(15)9(6-12)7-14-4-2-3-5-14/h7-8H,2-5H2,1H3,(H,13,15)(H,16,17)/b9-7-. The number of hydrogen-bond donors (Lipinski definition) is 2. The predicted octanol–water partition coefficient (Wildman–Crippen LogP) is 0.0790. The highest BCUT2D eigenvalue weighted by Gasteiger charge is 2.18. The summed E-state index contributed by atoms with van der Waals surface area (Å²) in [5.41, 5.74) is -0.0556. The molecule has 1 aliphatic rings. The Morgan fingerprint density at radius 1 is 1.47 bits per heavy atom. The number of carbonyl (C=O) groups excluding carboxylic acids is 1. The number of nitrogens with zero attached hydrogens (tertiary/aromatic N) is 2. The molecule has 6 heteroatoms. The van der Waals surface area contributed by atoms with Gasteiger partial charge in [-0.15, -0.1) is 0 Å². The Hall–Kier alpha value is -2.03. The smallest absolute Gasteiger partial charge is 0.325 e. The zero-order valence-corrected chi connectivity index (χ0v) is 9.64. The molecule has 0 aromatic heterocycles. The van der Waals surface area contributed by atoms with Gasteiger partial charge in [0, 0.05) is 19.3 Å². The van der Waals surface area contributed by atoms with Crippen molar-refractivity contribution in [2.45, 2.75) is 25.8 Å². The van der Waals surface area contributed by atoms with Gasteiger partial charge in [0.1, 0.15) is 17.7 Å². The van der Waals surface area contributed by atoms with Crippen LogP contribution in [0, 0.1) is 11.3 Å². The zero-order valence-electron chi connectivity index (χ0n) is 9.64. The van der Waals surface area contributed by atoms with E-state index in [2.05, 4.69) is 5.32 Å². The summed E-state index contributed by atoms with van der Waals surface area (Å²) in [7, 11) is 0. The van der Waals surface area contributed by atoms with Crippen molar-refractivity contribution in [2.24, 2.45) is 0 Å². The summed E-state index contributed by atoms with van der Waals surface area (Å²) in [5.74, 6) is -1.77. The highest BCUT2D eigenvalue weighted by molar-refractivity contribution is 5.99. The Kier molecular flexibility index (Phi) is 4.52. The molecule has 1 saturated heterocycles. The Bertz CT molecular complexity index is 378. The fourth-order valence-electron chi connectivity index (χ4n) is 1.53. The van der Waals surface area contributed by atoms with E-state index in [1.54, 1.807) is 6.07 Å². The first-order chi connectivity index (χ1) is 8.04. The summed E-state index contributed by atoms with van der Waals surface area (Å²) >= 11 is 0. The van der Waals surface area contributed by atoms with Crippen LogP contribution in [0.3, 0.4) is 0 Å². The molecule has 1 rings (SSSR count). The summed E-state index contributed by atoms with van der Waals surface area (Å²) in [5, 5.41) is 19.7. The molecule has 1 atom stereocenters. The third kappa shape index (κ3) is 3.79. The summed E-state index contributed by atoms with van der Waals surface area (Å²) in [6, 6.07) is 0.785. The fraction of sp³-hybridized carbons (Fsp3) is 0.545. The molecule has 6 nitrogen and oxygen atoms in total. The van der Waals surface area contributed by atoms with Gasteiger partial charge in [-0.05, 0) is 19.8 Å². The summed E-state index contributed by atoms with van der Waals surface area (Å²) < 4.78 is 0. The number of carboxylic acid groups (broad SMARTS) is 1. The van der Waals surface area contributed by atoms with E-state index >= 15 is 0 Å². The average Bonchev–Trinajstić information content (AvgIpc) is 2.78. The lowest BCUT2D eigenvalue weighted by Crippen LogP contribution is -2.39. The second-order valence-electron chi connectivity index (χ2n) is 3.93. The molecule has 0 aliphatic carbocycles. The van der Waals surface area contributed by atoms with Crippen LogP contribution >= 0.6 is 0 Å². The maximum Gasteiger partial charge on any atom is 0.325 e. The number of likely N-dealkylation sites (tertiary alicyclic amines) is 1. The molecule has 2 N–H and O–H groups in total. The monoisotopic (exact) mass is 237 g/mol. The molecule has 0 aromatic carbocycles. The Morgan fingerprint density at radius 3 is 2.53 bits per heavy atom. The van der Waals surface area contributed by atoms with Crippen molar-refractivity contribution < 1.29 is 14.7 Å². The first kappa shape index (κ1) is 13.0. The van der Waals surface area contributed by atoms with Crippen LogP contribution in [0.4, 0.5) is 0 Å². The van der Waals surface area contributed by atoms with Crippen molar-refractivity contribution >= 4 is 11.9 Å². The van der Waals surface area contributed by atoms with Crippen LogP contribution in [0.25, 0.3) is 0 Å². The van der Waals surface area contributed by atoms with Gasteiger partial charge in [-0.2, -0.15) is 5.26 Å². The van der Waals surface area contributed by atoms with E-state index in [9.17, 15) is 9.59 Å². The molecular weight excluding hydrogens is 222 g/mol. The molecule has 92 valence electrons. The largest absolute Gasteiger partial charge is 0.480 e. The van der Waals surface area contributed by atoms with Crippen molar-refractivity contribution in [1.82, 2.24) is 10.2 Å². The lowest BCUT2D eigenvalue weighted by molar-refractivity contribution is -0.140. The predicted molar refractivity (Wildman–Crippen MR) is 59.7 cm³/mol. The van der Waals surface area contributed by atoms with Gasteiger partial charge in [0.05, 0.1) is 0 Å². The number of amides is 1. The number of rotatable bonds is 4. The number of nitriles is 1. The van der Waals surface area contributed by atoms with Crippen molar-refractivity contribution in [3.63, 3.8) is 0 Å². The van der Waals surface area contributed by atoms with Gasteiger partial charge in [0.2, 0.25) is 0 Å². The molecule has 1 heterocycles. The van der Waals surface area contributed by atoms with E-state index in [-0.39, 0.29) is 5.57 Å². The van der Waals surface area contributed by atoms with Gasteiger partial charge in [-0.25, -0.2) is 0 Å². The molecule has 0 spiro atoms. The molecule has 1 fully saturated rings. The SMILES string of the molecule is CC(NC(=O)/C(C#N)=C\N1CCCC1)C(=O)O. The normalized spacial score (nSPS) is 17.4. The summed E-state index contributed by atoms with van der Waals surface area (Å²) in [4.78, 5) is 24.0. The third-order valence-electron chi connectivity index (χ3n) is 2.54. The summed E-state index contributed by atoms with van der Waals surface area (Å²) in [6.07, 6.45) is 3.58. The van der Waals surface area contributed by atoms with Crippen molar-refractivity contribution in [2.75, 3.05) is 13.1 Å². The maximum absolute atomic E-state index is 11.6. The van der Waals surface area contributed by atoms with E-state index < -0.39 is 17.9 Å². The van der Waals surface area contributed by atoms with Crippen molar-refractivity contribution in [3.8, 4) is 6.07 Å².